The lowest BCUT2D eigenvalue weighted by atomic mass is 10.2. The average molecular weight is 519 g/mol. The lowest BCUT2D eigenvalue weighted by Crippen LogP contribution is -2.37. The molecule has 0 heterocycles. The third kappa shape index (κ3) is 8.85. The molecule has 2 aromatic rings. The van der Waals surface area contributed by atoms with E-state index in [4.69, 9.17) is 16.3 Å². The minimum atomic E-state index is -0.410. The predicted molar refractivity (Wildman–Crippen MR) is 122 cm³/mol. The van der Waals surface area contributed by atoms with Crippen LogP contribution in [0.4, 0.5) is 5.69 Å². The number of halogens is 2. The molecule has 0 spiro atoms. The number of nitro groups is 1. The molecule has 0 unspecified atom stereocenters. The van der Waals surface area contributed by atoms with Crippen molar-refractivity contribution in [1.82, 2.24) is 10.6 Å². The van der Waals surface area contributed by atoms with Crippen molar-refractivity contribution in [3.05, 3.63) is 74.8 Å². The van der Waals surface area contributed by atoms with Crippen molar-refractivity contribution in [2.24, 2.45) is 4.99 Å². The van der Waals surface area contributed by atoms with Gasteiger partial charge in [0.05, 0.1) is 11.5 Å². The molecule has 0 bridgehead atoms. The molecule has 28 heavy (non-hydrogen) atoms. The number of guanidine groups is 1. The highest BCUT2D eigenvalue weighted by molar-refractivity contribution is 14.0. The van der Waals surface area contributed by atoms with Gasteiger partial charge in [0.15, 0.2) is 5.96 Å². The van der Waals surface area contributed by atoms with Crippen LogP contribution in [0.5, 0.6) is 0 Å². The highest BCUT2D eigenvalue weighted by Gasteiger charge is 2.05. The Morgan fingerprint density at radius 2 is 1.93 bits per heavy atom. The van der Waals surface area contributed by atoms with Gasteiger partial charge in [-0.15, -0.1) is 24.0 Å². The SMILES string of the molecule is COCCCNC(=NCc1cccc(Cl)c1)NCc1ccc([N+](=O)[O-])cc1.I. The molecule has 0 amide bonds. The van der Waals surface area contributed by atoms with Crippen molar-refractivity contribution < 1.29 is 9.66 Å². The number of nitrogens with zero attached hydrogens (tertiary/aromatic N) is 2. The summed E-state index contributed by atoms with van der Waals surface area (Å²) in [6.45, 7) is 2.37. The number of hydrogen-bond donors (Lipinski definition) is 2. The maximum atomic E-state index is 10.7. The summed E-state index contributed by atoms with van der Waals surface area (Å²) in [6.07, 6.45) is 0.853. The van der Waals surface area contributed by atoms with Crippen molar-refractivity contribution in [2.45, 2.75) is 19.5 Å². The van der Waals surface area contributed by atoms with Crippen LogP contribution in [0.1, 0.15) is 17.5 Å². The zero-order valence-corrected chi connectivity index (χ0v) is 18.6. The summed E-state index contributed by atoms with van der Waals surface area (Å²) in [6, 6.07) is 14.0. The second-order valence-corrected chi connectivity index (χ2v) is 6.28. The lowest BCUT2D eigenvalue weighted by Gasteiger charge is -2.13. The Kier molecular flexibility index (Phi) is 11.5. The molecule has 0 saturated carbocycles. The Bertz CT molecular complexity index is 772. The topological polar surface area (TPSA) is 88.8 Å². The van der Waals surface area contributed by atoms with Gasteiger partial charge < -0.3 is 15.4 Å². The van der Waals surface area contributed by atoms with E-state index in [2.05, 4.69) is 15.6 Å². The minimum Gasteiger partial charge on any atom is -0.385 e. The van der Waals surface area contributed by atoms with Gasteiger partial charge in [-0.25, -0.2) is 4.99 Å². The van der Waals surface area contributed by atoms with Gasteiger partial charge in [-0.05, 0) is 29.7 Å². The Morgan fingerprint density at radius 3 is 2.57 bits per heavy atom. The van der Waals surface area contributed by atoms with E-state index in [-0.39, 0.29) is 29.7 Å². The third-order valence-electron chi connectivity index (χ3n) is 3.73. The van der Waals surface area contributed by atoms with Crippen molar-refractivity contribution in [3.63, 3.8) is 0 Å². The van der Waals surface area contributed by atoms with Crippen LogP contribution in [-0.2, 0) is 17.8 Å². The number of methoxy groups -OCH3 is 1. The first-order valence-electron chi connectivity index (χ1n) is 8.57. The van der Waals surface area contributed by atoms with Gasteiger partial charge >= 0.3 is 0 Å². The molecule has 0 aliphatic rings. The number of ether oxygens (including phenoxy) is 1. The number of rotatable bonds is 9. The minimum absolute atomic E-state index is 0. The third-order valence-corrected chi connectivity index (χ3v) is 3.97. The summed E-state index contributed by atoms with van der Waals surface area (Å²) in [7, 11) is 1.67. The standard InChI is InChI=1S/C19H23ClN4O3.HI/c1-27-11-3-10-21-19(23-14-16-4-2-5-17(20)12-16)22-13-15-6-8-18(9-7-15)24(25)26;/h2,4-9,12H,3,10-11,13-14H2,1H3,(H2,21,22,23);1H. The average Bonchev–Trinajstić information content (AvgIpc) is 2.67. The number of hydrogen-bond acceptors (Lipinski definition) is 4. The van der Waals surface area contributed by atoms with Crippen molar-refractivity contribution >= 4 is 47.2 Å². The van der Waals surface area contributed by atoms with Gasteiger partial charge in [0.2, 0.25) is 0 Å². The normalized spacial score (nSPS) is 10.9. The summed E-state index contributed by atoms with van der Waals surface area (Å²) in [5.74, 6) is 0.657. The van der Waals surface area contributed by atoms with Crippen molar-refractivity contribution in [2.75, 3.05) is 20.3 Å². The molecule has 0 radical (unpaired) electrons. The predicted octanol–water partition coefficient (Wildman–Crippen LogP) is 4.14. The van der Waals surface area contributed by atoms with Crippen LogP contribution in [0.2, 0.25) is 5.02 Å². The monoisotopic (exact) mass is 518 g/mol. The summed E-state index contributed by atoms with van der Waals surface area (Å²) in [5.41, 5.74) is 2.01. The summed E-state index contributed by atoms with van der Waals surface area (Å²) in [4.78, 5) is 14.9. The lowest BCUT2D eigenvalue weighted by molar-refractivity contribution is -0.384. The summed E-state index contributed by atoms with van der Waals surface area (Å²) >= 11 is 6.01. The number of nitrogens with one attached hydrogen (secondary N) is 2. The fraction of sp³-hybridized carbons (Fsp3) is 0.316. The van der Waals surface area contributed by atoms with Crippen LogP contribution in [0.15, 0.2) is 53.5 Å². The zero-order chi connectivity index (χ0) is 19.5. The molecule has 0 aromatic heterocycles. The van der Waals surface area contributed by atoms with E-state index >= 15 is 0 Å². The van der Waals surface area contributed by atoms with Crippen LogP contribution >= 0.6 is 35.6 Å². The van der Waals surface area contributed by atoms with E-state index in [1.807, 2.05) is 24.3 Å². The second kappa shape index (κ2) is 13.3. The van der Waals surface area contributed by atoms with Gasteiger partial charge in [0.1, 0.15) is 0 Å². The van der Waals surface area contributed by atoms with E-state index in [1.165, 1.54) is 12.1 Å². The number of benzene rings is 2. The summed E-state index contributed by atoms with van der Waals surface area (Å²) < 4.78 is 5.06. The molecule has 2 N–H and O–H groups in total. The van der Waals surface area contributed by atoms with Gasteiger partial charge in [0.25, 0.3) is 5.69 Å². The van der Waals surface area contributed by atoms with E-state index < -0.39 is 4.92 Å². The van der Waals surface area contributed by atoms with E-state index in [0.29, 0.717) is 30.7 Å². The quantitative estimate of drug-likeness (QED) is 0.130. The molecular formula is C19H24ClIN4O3. The Hall–Kier alpha value is -1.91. The highest BCUT2D eigenvalue weighted by atomic mass is 127. The van der Waals surface area contributed by atoms with Crippen molar-refractivity contribution in [3.8, 4) is 0 Å². The van der Waals surface area contributed by atoms with E-state index in [1.54, 1.807) is 19.2 Å². The van der Waals surface area contributed by atoms with Crippen LogP contribution < -0.4 is 10.6 Å². The van der Waals surface area contributed by atoms with Gasteiger partial charge in [0, 0.05) is 44.0 Å². The van der Waals surface area contributed by atoms with Gasteiger partial charge in [-0.3, -0.25) is 10.1 Å². The molecule has 9 heteroatoms. The second-order valence-electron chi connectivity index (χ2n) is 5.84. The Labute approximate surface area is 186 Å². The van der Waals surface area contributed by atoms with Gasteiger partial charge in [-0.2, -0.15) is 0 Å². The van der Waals surface area contributed by atoms with Crippen LogP contribution in [-0.4, -0.2) is 31.1 Å². The zero-order valence-electron chi connectivity index (χ0n) is 15.6. The van der Waals surface area contributed by atoms with Crippen LogP contribution in [0.25, 0.3) is 0 Å². The molecule has 0 atom stereocenters. The first kappa shape index (κ1) is 24.1. The fourth-order valence-corrected chi connectivity index (χ4v) is 2.54. The summed E-state index contributed by atoms with van der Waals surface area (Å²) in [5, 5.41) is 17.9. The van der Waals surface area contributed by atoms with Crippen molar-refractivity contribution in [1.29, 1.82) is 0 Å². The molecule has 2 aromatic carbocycles. The molecule has 0 aliphatic heterocycles. The van der Waals surface area contributed by atoms with Crippen LogP contribution in [0.3, 0.4) is 0 Å². The number of nitro benzene ring substituents is 1. The largest absolute Gasteiger partial charge is 0.385 e. The smallest absolute Gasteiger partial charge is 0.269 e. The fourth-order valence-electron chi connectivity index (χ4n) is 2.32. The first-order chi connectivity index (χ1) is 13.1. The van der Waals surface area contributed by atoms with E-state index in [9.17, 15) is 10.1 Å². The van der Waals surface area contributed by atoms with Gasteiger partial charge in [-0.1, -0.05) is 35.9 Å². The Morgan fingerprint density at radius 1 is 1.18 bits per heavy atom. The van der Waals surface area contributed by atoms with Crippen LogP contribution in [0, 0.1) is 10.1 Å². The maximum absolute atomic E-state index is 10.7. The van der Waals surface area contributed by atoms with E-state index in [0.717, 1.165) is 24.1 Å². The molecule has 0 saturated heterocycles. The molecule has 0 fully saturated rings. The highest BCUT2D eigenvalue weighted by Crippen LogP contribution is 2.12. The first-order valence-corrected chi connectivity index (χ1v) is 8.95. The molecule has 7 nitrogen and oxygen atoms in total. The number of non-ortho nitro benzene ring substituents is 1. The molecule has 0 aliphatic carbocycles. The molecule has 152 valence electrons. The number of aliphatic imine (C=N–C) groups is 1. The molecular weight excluding hydrogens is 495 g/mol. The Balaban J connectivity index is 0.00000392. The maximum Gasteiger partial charge on any atom is 0.269 e. The molecule has 2 rings (SSSR count).